The van der Waals surface area contributed by atoms with Crippen molar-refractivity contribution in [1.82, 2.24) is 5.32 Å². The van der Waals surface area contributed by atoms with Crippen LogP contribution in [0.2, 0.25) is 0 Å². The van der Waals surface area contributed by atoms with Gasteiger partial charge in [0, 0.05) is 12.6 Å². The van der Waals surface area contributed by atoms with Gasteiger partial charge in [-0.3, -0.25) is 0 Å². The first kappa shape index (κ1) is 14.2. The zero-order valence-corrected chi connectivity index (χ0v) is 9.79. The second kappa shape index (κ2) is 6.67. The van der Waals surface area contributed by atoms with Crippen LogP contribution in [-0.2, 0) is 0 Å². The standard InChI is InChI=1S/C11H17NO2.ClH/c1-8(2)12-7-11(14)9-3-5-10(13)6-4-9;/h3-6,8,11-14H,7H2,1-2H3;1H/t11-;/m1./s1. The number of benzene rings is 1. The molecule has 0 unspecified atom stereocenters. The lowest BCUT2D eigenvalue weighted by Crippen LogP contribution is -2.27. The Labute approximate surface area is 96.5 Å². The Morgan fingerprint density at radius 1 is 1.20 bits per heavy atom. The fraction of sp³-hybridized carbons (Fsp3) is 0.455. The van der Waals surface area contributed by atoms with E-state index in [2.05, 4.69) is 5.32 Å². The quantitative estimate of drug-likeness (QED) is 0.741. The van der Waals surface area contributed by atoms with Crippen LogP contribution in [0.15, 0.2) is 24.3 Å². The first-order valence-electron chi connectivity index (χ1n) is 4.80. The molecule has 0 aliphatic rings. The van der Waals surface area contributed by atoms with E-state index in [4.69, 9.17) is 5.11 Å². The average Bonchev–Trinajstić information content (AvgIpc) is 2.15. The molecule has 3 N–H and O–H groups in total. The zero-order chi connectivity index (χ0) is 10.6. The monoisotopic (exact) mass is 231 g/mol. The fourth-order valence-electron chi connectivity index (χ4n) is 1.16. The Morgan fingerprint density at radius 3 is 2.20 bits per heavy atom. The predicted molar refractivity (Wildman–Crippen MR) is 63.5 cm³/mol. The highest BCUT2D eigenvalue weighted by Crippen LogP contribution is 2.15. The van der Waals surface area contributed by atoms with E-state index in [1.54, 1.807) is 24.3 Å². The van der Waals surface area contributed by atoms with Gasteiger partial charge in [0.2, 0.25) is 0 Å². The van der Waals surface area contributed by atoms with Gasteiger partial charge < -0.3 is 15.5 Å². The Morgan fingerprint density at radius 2 is 1.73 bits per heavy atom. The maximum Gasteiger partial charge on any atom is 0.115 e. The predicted octanol–water partition coefficient (Wildman–Crippen LogP) is 1.85. The number of rotatable bonds is 4. The lowest BCUT2D eigenvalue weighted by Gasteiger charge is -2.14. The third-order valence-electron chi connectivity index (χ3n) is 2.00. The average molecular weight is 232 g/mol. The molecule has 1 aromatic carbocycles. The first-order valence-corrected chi connectivity index (χ1v) is 4.80. The van der Waals surface area contributed by atoms with Crippen molar-refractivity contribution in [2.45, 2.75) is 26.0 Å². The van der Waals surface area contributed by atoms with E-state index < -0.39 is 6.10 Å². The van der Waals surface area contributed by atoms with Crippen LogP contribution in [0.3, 0.4) is 0 Å². The van der Waals surface area contributed by atoms with Crippen LogP contribution >= 0.6 is 12.4 Å². The van der Waals surface area contributed by atoms with Gasteiger partial charge in [-0.2, -0.15) is 0 Å². The van der Waals surface area contributed by atoms with E-state index in [-0.39, 0.29) is 18.2 Å². The molecule has 0 aliphatic carbocycles. The molecule has 0 aliphatic heterocycles. The van der Waals surface area contributed by atoms with Crippen LogP contribution in [0, 0.1) is 0 Å². The summed E-state index contributed by atoms with van der Waals surface area (Å²) in [6.07, 6.45) is -0.516. The third kappa shape index (κ3) is 5.02. The molecule has 1 aromatic rings. The molecule has 1 rings (SSSR count). The van der Waals surface area contributed by atoms with E-state index in [9.17, 15) is 5.11 Å². The fourth-order valence-corrected chi connectivity index (χ4v) is 1.16. The van der Waals surface area contributed by atoms with Gasteiger partial charge in [0.25, 0.3) is 0 Å². The van der Waals surface area contributed by atoms with E-state index in [1.807, 2.05) is 13.8 Å². The smallest absolute Gasteiger partial charge is 0.115 e. The van der Waals surface area contributed by atoms with Gasteiger partial charge in [0.15, 0.2) is 0 Å². The minimum Gasteiger partial charge on any atom is -0.508 e. The highest BCUT2D eigenvalue weighted by molar-refractivity contribution is 5.85. The molecule has 0 heterocycles. The van der Waals surface area contributed by atoms with Gasteiger partial charge in [-0.1, -0.05) is 26.0 Å². The highest BCUT2D eigenvalue weighted by Gasteiger charge is 2.07. The van der Waals surface area contributed by atoms with Crippen molar-refractivity contribution in [3.63, 3.8) is 0 Å². The van der Waals surface area contributed by atoms with Gasteiger partial charge in [0.1, 0.15) is 5.75 Å². The Bertz CT molecular complexity index is 274. The maximum absolute atomic E-state index is 9.72. The largest absolute Gasteiger partial charge is 0.508 e. The summed E-state index contributed by atoms with van der Waals surface area (Å²) in [7, 11) is 0. The van der Waals surface area contributed by atoms with E-state index in [1.165, 1.54) is 0 Å². The summed E-state index contributed by atoms with van der Waals surface area (Å²) in [5.41, 5.74) is 0.816. The van der Waals surface area contributed by atoms with Crippen molar-refractivity contribution in [2.24, 2.45) is 0 Å². The van der Waals surface area contributed by atoms with E-state index >= 15 is 0 Å². The number of aliphatic hydroxyl groups excluding tert-OH is 1. The van der Waals surface area contributed by atoms with Crippen molar-refractivity contribution < 1.29 is 10.2 Å². The lowest BCUT2D eigenvalue weighted by atomic mass is 10.1. The lowest BCUT2D eigenvalue weighted by molar-refractivity contribution is 0.171. The molecule has 0 saturated carbocycles. The summed E-state index contributed by atoms with van der Waals surface area (Å²) in [5, 5.41) is 21.9. The van der Waals surface area contributed by atoms with Gasteiger partial charge in [-0.15, -0.1) is 12.4 Å². The summed E-state index contributed by atoms with van der Waals surface area (Å²) >= 11 is 0. The number of phenolic OH excluding ortho intramolecular Hbond substituents is 1. The number of aliphatic hydroxyl groups is 1. The summed E-state index contributed by atoms with van der Waals surface area (Å²) in [6.45, 7) is 4.59. The zero-order valence-electron chi connectivity index (χ0n) is 8.97. The van der Waals surface area contributed by atoms with Crippen LogP contribution < -0.4 is 5.32 Å². The van der Waals surface area contributed by atoms with Crippen molar-refractivity contribution in [3.05, 3.63) is 29.8 Å². The Hall–Kier alpha value is -0.770. The number of aromatic hydroxyl groups is 1. The molecule has 0 fully saturated rings. The van der Waals surface area contributed by atoms with Crippen LogP contribution in [0.25, 0.3) is 0 Å². The number of halogens is 1. The molecule has 0 bridgehead atoms. The SMILES string of the molecule is CC(C)NC[C@@H](O)c1ccc(O)cc1.Cl. The van der Waals surface area contributed by atoms with Gasteiger partial charge >= 0.3 is 0 Å². The minimum atomic E-state index is -0.516. The number of nitrogens with one attached hydrogen (secondary N) is 1. The van der Waals surface area contributed by atoms with Crippen LogP contribution in [0.4, 0.5) is 0 Å². The number of hydrogen-bond acceptors (Lipinski definition) is 3. The Balaban J connectivity index is 0.00000196. The van der Waals surface area contributed by atoms with Gasteiger partial charge in [-0.25, -0.2) is 0 Å². The van der Waals surface area contributed by atoms with Crippen LogP contribution in [0.5, 0.6) is 5.75 Å². The van der Waals surface area contributed by atoms with Crippen LogP contribution in [0.1, 0.15) is 25.5 Å². The molecule has 1 atom stereocenters. The molecule has 86 valence electrons. The number of hydrogen-bond donors (Lipinski definition) is 3. The molecule has 15 heavy (non-hydrogen) atoms. The van der Waals surface area contributed by atoms with Gasteiger partial charge in [-0.05, 0) is 17.7 Å². The molecule has 4 heteroatoms. The third-order valence-corrected chi connectivity index (χ3v) is 2.00. The molecular weight excluding hydrogens is 214 g/mol. The molecule has 0 aromatic heterocycles. The highest BCUT2D eigenvalue weighted by atomic mass is 35.5. The van der Waals surface area contributed by atoms with Crippen molar-refractivity contribution in [2.75, 3.05) is 6.54 Å². The normalized spacial score (nSPS) is 12.3. The summed E-state index contributed by atoms with van der Waals surface area (Å²) in [4.78, 5) is 0. The molecule has 0 radical (unpaired) electrons. The molecule has 0 amide bonds. The second-order valence-electron chi connectivity index (χ2n) is 3.67. The molecular formula is C11H18ClNO2. The second-order valence-corrected chi connectivity index (χ2v) is 3.67. The van der Waals surface area contributed by atoms with Crippen LogP contribution in [-0.4, -0.2) is 22.8 Å². The summed E-state index contributed by atoms with van der Waals surface area (Å²) < 4.78 is 0. The molecule has 3 nitrogen and oxygen atoms in total. The first-order chi connectivity index (χ1) is 6.59. The van der Waals surface area contributed by atoms with E-state index in [0.717, 1.165) is 5.56 Å². The van der Waals surface area contributed by atoms with Crippen molar-refractivity contribution in [1.29, 1.82) is 0 Å². The summed E-state index contributed by atoms with van der Waals surface area (Å²) in [6, 6.07) is 6.97. The van der Waals surface area contributed by atoms with E-state index in [0.29, 0.717) is 12.6 Å². The van der Waals surface area contributed by atoms with Gasteiger partial charge in [0.05, 0.1) is 6.10 Å². The molecule has 0 spiro atoms. The van der Waals surface area contributed by atoms with Crippen molar-refractivity contribution in [3.8, 4) is 5.75 Å². The van der Waals surface area contributed by atoms with Crippen molar-refractivity contribution >= 4 is 12.4 Å². The minimum absolute atomic E-state index is 0. The number of phenols is 1. The maximum atomic E-state index is 9.72. The topological polar surface area (TPSA) is 52.5 Å². The molecule has 0 saturated heterocycles. The summed E-state index contributed by atoms with van der Waals surface area (Å²) in [5.74, 6) is 0.220. The Kier molecular flexibility index (Phi) is 6.32.